The second-order valence-electron chi connectivity index (χ2n) is 8.08. The maximum atomic E-state index is 13.5. The summed E-state index contributed by atoms with van der Waals surface area (Å²) in [6.07, 6.45) is 3.42. The summed E-state index contributed by atoms with van der Waals surface area (Å²) in [7, 11) is 1.59. The van der Waals surface area contributed by atoms with E-state index >= 15 is 0 Å². The Hall–Kier alpha value is -3.52. The van der Waals surface area contributed by atoms with Crippen LogP contribution in [0.1, 0.15) is 0 Å². The molecular formula is C23H20N2O6. The fourth-order valence-corrected chi connectivity index (χ4v) is 4.97. The van der Waals surface area contributed by atoms with Gasteiger partial charge in [-0.3, -0.25) is 9.59 Å². The van der Waals surface area contributed by atoms with Crippen molar-refractivity contribution in [3.8, 4) is 17.2 Å². The first-order chi connectivity index (χ1) is 15.1. The molecule has 2 aromatic rings. The number of ether oxygens (including phenoxy) is 4. The molecule has 4 aliphatic rings. The number of amides is 2. The Kier molecular flexibility index (Phi) is 3.82. The molecule has 4 atom stereocenters. The summed E-state index contributed by atoms with van der Waals surface area (Å²) in [4.78, 5) is 28.3. The minimum atomic E-state index is -0.792. The van der Waals surface area contributed by atoms with E-state index in [9.17, 15) is 9.59 Å². The van der Waals surface area contributed by atoms with Crippen LogP contribution in [0.25, 0.3) is 0 Å². The number of benzene rings is 2. The molecule has 4 heterocycles. The highest BCUT2D eigenvalue weighted by Crippen LogP contribution is 2.53. The van der Waals surface area contributed by atoms with E-state index in [0.717, 1.165) is 0 Å². The number of anilines is 2. The normalized spacial score (nSPS) is 29.4. The summed E-state index contributed by atoms with van der Waals surface area (Å²) < 4.78 is 22.2. The lowest BCUT2D eigenvalue weighted by atomic mass is 9.77. The van der Waals surface area contributed by atoms with Crippen LogP contribution in [0.3, 0.4) is 0 Å². The van der Waals surface area contributed by atoms with Gasteiger partial charge in [-0.05, 0) is 36.4 Å². The van der Waals surface area contributed by atoms with Crippen LogP contribution in [0.5, 0.6) is 17.2 Å². The average molecular weight is 420 g/mol. The predicted molar refractivity (Wildman–Crippen MR) is 110 cm³/mol. The van der Waals surface area contributed by atoms with Crippen molar-refractivity contribution >= 4 is 23.2 Å². The lowest BCUT2D eigenvalue weighted by Gasteiger charge is -2.23. The van der Waals surface area contributed by atoms with Gasteiger partial charge in [-0.25, -0.2) is 0 Å². The summed E-state index contributed by atoms with van der Waals surface area (Å²) in [5.41, 5.74) is 0.553. The van der Waals surface area contributed by atoms with Crippen molar-refractivity contribution in [2.75, 3.05) is 30.7 Å². The van der Waals surface area contributed by atoms with Crippen LogP contribution < -0.4 is 24.4 Å². The van der Waals surface area contributed by atoms with Gasteiger partial charge in [0.05, 0.1) is 31.6 Å². The van der Waals surface area contributed by atoms with E-state index in [-0.39, 0.29) is 18.6 Å². The van der Waals surface area contributed by atoms with Crippen LogP contribution in [-0.2, 0) is 14.3 Å². The minimum Gasteiger partial charge on any atom is -0.497 e. The number of carbonyl (C=O) groups is 2. The second-order valence-corrected chi connectivity index (χ2v) is 8.08. The maximum Gasteiger partial charge on any atom is 0.234 e. The molecule has 0 saturated carbocycles. The third-order valence-corrected chi connectivity index (χ3v) is 6.43. The molecule has 2 fully saturated rings. The molecule has 2 aromatic carbocycles. The number of nitrogens with zero attached hydrogens (tertiary/aromatic N) is 1. The maximum absolute atomic E-state index is 13.5. The van der Waals surface area contributed by atoms with Crippen LogP contribution in [0, 0.1) is 11.8 Å². The molecule has 0 aromatic heterocycles. The fraction of sp³-hybridized carbons (Fsp3) is 0.304. The van der Waals surface area contributed by atoms with Crippen LogP contribution >= 0.6 is 0 Å². The van der Waals surface area contributed by atoms with Crippen molar-refractivity contribution in [1.82, 2.24) is 0 Å². The molecule has 4 aliphatic heterocycles. The fourth-order valence-electron chi connectivity index (χ4n) is 4.97. The number of rotatable bonds is 4. The SMILES string of the molecule is COc1ccc(NC(=O)[C@H]2[C@H]3C=C[C@@]4(CN(c5ccc6c(c5)OCO6)C(=O)[C@@H]24)O3)cc1. The van der Waals surface area contributed by atoms with Crippen molar-refractivity contribution in [1.29, 1.82) is 0 Å². The van der Waals surface area contributed by atoms with E-state index in [2.05, 4.69) is 5.32 Å². The highest BCUT2D eigenvalue weighted by atomic mass is 16.7. The quantitative estimate of drug-likeness (QED) is 0.765. The minimum absolute atomic E-state index is 0.124. The van der Waals surface area contributed by atoms with E-state index in [0.29, 0.717) is 35.2 Å². The number of carbonyl (C=O) groups excluding carboxylic acids is 2. The molecule has 158 valence electrons. The van der Waals surface area contributed by atoms with E-state index < -0.39 is 23.5 Å². The molecule has 0 aliphatic carbocycles. The number of hydrogen-bond acceptors (Lipinski definition) is 6. The highest BCUT2D eigenvalue weighted by Gasteiger charge is 2.67. The van der Waals surface area contributed by atoms with Crippen molar-refractivity contribution in [2.45, 2.75) is 11.7 Å². The Bertz CT molecular complexity index is 1110. The van der Waals surface area contributed by atoms with Gasteiger partial charge in [-0.1, -0.05) is 12.2 Å². The largest absolute Gasteiger partial charge is 0.497 e. The molecule has 0 unspecified atom stereocenters. The summed E-state index contributed by atoms with van der Waals surface area (Å²) >= 11 is 0. The van der Waals surface area contributed by atoms with E-state index in [1.54, 1.807) is 48.4 Å². The number of nitrogens with one attached hydrogen (secondary N) is 1. The Balaban J connectivity index is 1.27. The van der Waals surface area contributed by atoms with Crippen LogP contribution in [0.15, 0.2) is 54.6 Å². The van der Waals surface area contributed by atoms with Gasteiger partial charge in [0.2, 0.25) is 18.6 Å². The lowest BCUT2D eigenvalue weighted by Crippen LogP contribution is -2.41. The zero-order valence-electron chi connectivity index (χ0n) is 16.7. The summed E-state index contributed by atoms with van der Waals surface area (Å²) in [5, 5.41) is 2.92. The zero-order valence-corrected chi connectivity index (χ0v) is 16.7. The van der Waals surface area contributed by atoms with Gasteiger partial charge in [-0.15, -0.1) is 0 Å². The third kappa shape index (κ3) is 2.64. The summed E-state index contributed by atoms with van der Waals surface area (Å²) in [6, 6.07) is 12.5. The molecule has 2 saturated heterocycles. The van der Waals surface area contributed by atoms with Crippen LogP contribution in [0.2, 0.25) is 0 Å². The van der Waals surface area contributed by atoms with Gasteiger partial charge in [0, 0.05) is 17.4 Å². The molecule has 2 amide bonds. The van der Waals surface area contributed by atoms with Gasteiger partial charge in [0.15, 0.2) is 11.5 Å². The van der Waals surface area contributed by atoms with Crippen molar-refractivity contribution in [2.24, 2.45) is 11.8 Å². The molecule has 1 spiro atoms. The first-order valence-corrected chi connectivity index (χ1v) is 10.1. The first-order valence-electron chi connectivity index (χ1n) is 10.1. The molecule has 8 heteroatoms. The molecule has 1 N–H and O–H groups in total. The standard InChI is InChI=1S/C23H20N2O6/c1-28-15-5-2-13(3-6-15)24-21(26)19-17-8-9-23(31-17)11-25(22(27)20(19)23)14-4-7-16-18(10-14)30-12-29-16/h2-10,17,19-20H,11-12H2,1H3,(H,24,26)/t17-,19+,20-,23+/m1/s1. The summed E-state index contributed by atoms with van der Waals surface area (Å²) in [6.45, 7) is 0.524. The van der Waals surface area contributed by atoms with Gasteiger partial charge < -0.3 is 29.2 Å². The zero-order chi connectivity index (χ0) is 21.2. The smallest absolute Gasteiger partial charge is 0.234 e. The van der Waals surface area contributed by atoms with Gasteiger partial charge >= 0.3 is 0 Å². The van der Waals surface area contributed by atoms with E-state index in [1.165, 1.54) is 0 Å². The Labute approximate surface area is 178 Å². The molecule has 0 radical (unpaired) electrons. The topological polar surface area (TPSA) is 86.3 Å². The Morgan fingerprint density at radius 3 is 2.77 bits per heavy atom. The monoisotopic (exact) mass is 420 g/mol. The van der Waals surface area contributed by atoms with Gasteiger partial charge in [0.25, 0.3) is 0 Å². The molecular weight excluding hydrogens is 400 g/mol. The average Bonchev–Trinajstić information content (AvgIpc) is 3.54. The molecule has 8 nitrogen and oxygen atoms in total. The second kappa shape index (κ2) is 6.49. The highest BCUT2D eigenvalue weighted by molar-refractivity contribution is 6.05. The summed E-state index contributed by atoms with van der Waals surface area (Å²) in [5.74, 6) is 0.433. The van der Waals surface area contributed by atoms with Crippen molar-refractivity contribution in [3.05, 3.63) is 54.6 Å². The number of methoxy groups -OCH3 is 1. The lowest BCUT2D eigenvalue weighted by molar-refractivity contribution is -0.128. The Morgan fingerprint density at radius 2 is 1.97 bits per heavy atom. The third-order valence-electron chi connectivity index (χ3n) is 6.43. The van der Waals surface area contributed by atoms with Crippen molar-refractivity contribution < 1.29 is 28.5 Å². The molecule has 31 heavy (non-hydrogen) atoms. The van der Waals surface area contributed by atoms with Gasteiger partial charge in [-0.2, -0.15) is 0 Å². The van der Waals surface area contributed by atoms with E-state index in [4.69, 9.17) is 18.9 Å². The van der Waals surface area contributed by atoms with Crippen LogP contribution in [0.4, 0.5) is 11.4 Å². The predicted octanol–water partition coefficient (Wildman–Crippen LogP) is 2.35. The van der Waals surface area contributed by atoms with Crippen molar-refractivity contribution in [3.63, 3.8) is 0 Å². The molecule has 2 bridgehead atoms. The van der Waals surface area contributed by atoms with E-state index in [1.807, 2.05) is 18.2 Å². The van der Waals surface area contributed by atoms with Crippen LogP contribution in [-0.4, -0.2) is 44.0 Å². The molecule has 6 rings (SSSR count). The first kappa shape index (κ1) is 18.3. The van der Waals surface area contributed by atoms with Gasteiger partial charge in [0.1, 0.15) is 11.4 Å². The Morgan fingerprint density at radius 1 is 1.16 bits per heavy atom. The number of hydrogen-bond donors (Lipinski definition) is 1. The number of fused-ring (bicyclic) bond motifs is 2.